The normalized spacial score (nSPS) is 11.6. The number of ether oxygens (including phenoxy) is 1. The monoisotopic (exact) mass is 432 g/mol. The van der Waals surface area contributed by atoms with Crippen molar-refractivity contribution in [1.82, 2.24) is 10.2 Å². The van der Waals surface area contributed by atoms with Gasteiger partial charge in [-0.1, -0.05) is 45.8 Å². The molecule has 1 atom stereocenters. The van der Waals surface area contributed by atoms with Crippen LogP contribution in [0.4, 0.5) is 0 Å². The van der Waals surface area contributed by atoms with Crippen LogP contribution >= 0.6 is 15.9 Å². The summed E-state index contributed by atoms with van der Waals surface area (Å²) in [6.07, 6.45) is 0. The van der Waals surface area contributed by atoms with Gasteiger partial charge in [0.2, 0.25) is 5.91 Å². The third-order valence-electron chi connectivity index (χ3n) is 4.34. The molecule has 0 spiro atoms. The van der Waals surface area contributed by atoms with Crippen LogP contribution < -0.4 is 10.1 Å². The molecule has 144 valence electrons. The molecular weight excluding hydrogens is 408 g/mol. The number of likely N-dealkylation sites (N-methyl/N-ethyl adjacent to an activating group) is 1. The van der Waals surface area contributed by atoms with Gasteiger partial charge in [-0.2, -0.15) is 0 Å². The molecule has 0 bridgehead atoms. The summed E-state index contributed by atoms with van der Waals surface area (Å²) in [5.41, 5.74) is 3.10. The number of nitrogens with one attached hydrogen (secondary N) is 1. The first-order valence-corrected chi connectivity index (χ1v) is 9.56. The summed E-state index contributed by atoms with van der Waals surface area (Å²) in [5, 5.41) is 2.61. The molecule has 6 heteroatoms. The summed E-state index contributed by atoms with van der Waals surface area (Å²) in [4.78, 5) is 26.5. The van der Waals surface area contributed by atoms with Gasteiger partial charge in [0.15, 0.2) is 6.61 Å². The van der Waals surface area contributed by atoms with Gasteiger partial charge in [0.25, 0.3) is 5.91 Å². The quantitative estimate of drug-likeness (QED) is 0.726. The minimum Gasteiger partial charge on any atom is -0.484 e. The van der Waals surface area contributed by atoms with Gasteiger partial charge in [0.05, 0.1) is 0 Å². The molecule has 0 unspecified atom stereocenters. The first-order chi connectivity index (χ1) is 12.8. The third-order valence-corrected chi connectivity index (χ3v) is 5.23. The molecule has 2 amide bonds. The van der Waals surface area contributed by atoms with Crippen molar-refractivity contribution >= 4 is 27.7 Å². The van der Waals surface area contributed by atoms with Crippen LogP contribution in [-0.4, -0.2) is 36.4 Å². The van der Waals surface area contributed by atoms with E-state index >= 15 is 0 Å². The maximum atomic E-state index is 12.8. The lowest BCUT2D eigenvalue weighted by molar-refractivity contribution is -0.142. The molecule has 0 aliphatic carbocycles. The second kappa shape index (κ2) is 9.55. The minimum atomic E-state index is -0.599. The predicted molar refractivity (Wildman–Crippen MR) is 110 cm³/mol. The highest BCUT2D eigenvalue weighted by molar-refractivity contribution is 9.10. The summed E-state index contributed by atoms with van der Waals surface area (Å²) >= 11 is 3.44. The Labute approximate surface area is 168 Å². The second-order valence-corrected chi connectivity index (χ2v) is 7.35. The Morgan fingerprint density at radius 3 is 2.56 bits per heavy atom. The third kappa shape index (κ3) is 5.82. The van der Waals surface area contributed by atoms with Crippen molar-refractivity contribution in [1.29, 1.82) is 0 Å². The number of hydrogen-bond acceptors (Lipinski definition) is 3. The number of carbonyl (C=O) groups is 2. The van der Waals surface area contributed by atoms with E-state index in [1.165, 1.54) is 0 Å². The summed E-state index contributed by atoms with van der Waals surface area (Å²) in [6, 6.07) is 12.8. The van der Waals surface area contributed by atoms with Crippen molar-refractivity contribution in [2.24, 2.45) is 0 Å². The molecule has 0 radical (unpaired) electrons. The van der Waals surface area contributed by atoms with Crippen LogP contribution in [0.1, 0.15) is 23.6 Å². The first kappa shape index (κ1) is 21.0. The molecule has 27 heavy (non-hydrogen) atoms. The predicted octanol–water partition coefficient (Wildman–Crippen LogP) is 3.61. The van der Waals surface area contributed by atoms with Crippen LogP contribution in [0.3, 0.4) is 0 Å². The van der Waals surface area contributed by atoms with Crippen molar-refractivity contribution in [3.05, 3.63) is 63.6 Å². The molecule has 0 aromatic heterocycles. The van der Waals surface area contributed by atoms with E-state index in [4.69, 9.17) is 4.74 Å². The van der Waals surface area contributed by atoms with Gasteiger partial charge in [0, 0.05) is 18.1 Å². The number of hydrogen-bond donors (Lipinski definition) is 1. The number of amides is 2. The van der Waals surface area contributed by atoms with E-state index in [-0.39, 0.29) is 18.4 Å². The summed E-state index contributed by atoms with van der Waals surface area (Å²) < 4.78 is 6.65. The van der Waals surface area contributed by atoms with E-state index in [0.29, 0.717) is 12.3 Å². The molecule has 2 aromatic rings. The van der Waals surface area contributed by atoms with E-state index in [1.54, 1.807) is 24.9 Å². The Morgan fingerprint density at radius 2 is 1.93 bits per heavy atom. The fraction of sp³-hybridized carbons (Fsp3) is 0.333. The van der Waals surface area contributed by atoms with E-state index in [2.05, 4.69) is 21.2 Å². The maximum Gasteiger partial charge on any atom is 0.261 e. The average molecular weight is 433 g/mol. The Kier molecular flexibility index (Phi) is 7.42. The number of nitrogens with zero attached hydrogens (tertiary/aromatic N) is 1. The molecule has 0 saturated heterocycles. The second-order valence-electron chi connectivity index (χ2n) is 6.50. The van der Waals surface area contributed by atoms with Crippen LogP contribution in [0.25, 0.3) is 0 Å². The van der Waals surface area contributed by atoms with Crippen LogP contribution in [0, 0.1) is 13.8 Å². The van der Waals surface area contributed by atoms with Crippen LogP contribution in [0.2, 0.25) is 0 Å². The maximum absolute atomic E-state index is 12.8. The van der Waals surface area contributed by atoms with Gasteiger partial charge in [0.1, 0.15) is 11.8 Å². The first-order valence-electron chi connectivity index (χ1n) is 8.77. The van der Waals surface area contributed by atoms with E-state index in [0.717, 1.165) is 21.2 Å². The smallest absolute Gasteiger partial charge is 0.261 e. The van der Waals surface area contributed by atoms with Gasteiger partial charge >= 0.3 is 0 Å². The lowest BCUT2D eigenvalue weighted by Gasteiger charge is -2.28. The topological polar surface area (TPSA) is 58.6 Å². The Bertz CT molecular complexity index is 823. The summed E-state index contributed by atoms with van der Waals surface area (Å²) in [5.74, 6) is 0.163. The van der Waals surface area contributed by atoms with Gasteiger partial charge in [-0.25, -0.2) is 0 Å². The van der Waals surface area contributed by atoms with Crippen LogP contribution in [-0.2, 0) is 16.1 Å². The number of halogens is 1. The number of benzene rings is 2. The highest BCUT2D eigenvalue weighted by atomic mass is 79.9. The highest BCUT2D eigenvalue weighted by Crippen LogP contribution is 2.21. The Balaban J connectivity index is 2.14. The molecule has 1 N–H and O–H groups in total. The molecule has 0 fully saturated rings. The van der Waals surface area contributed by atoms with Crippen molar-refractivity contribution in [3.8, 4) is 5.75 Å². The lowest BCUT2D eigenvalue weighted by atomic mass is 10.1. The van der Waals surface area contributed by atoms with Gasteiger partial charge in [-0.05, 0) is 50.1 Å². The molecular formula is C21H25BrN2O3. The van der Waals surface area contributed by atoms with E-state index < -0.39 is 6.04 Å². The minimum absolute atomic E-state index is 0.131. The van der Waals surface area contributed by atoms with Gasteiger partial charge in [-0.15, -0.1) is 0 Å². The molecule has 0 aliphatic rings. The van der Waals surface area contributed by atoms with Gasteiger partial charge < -0.3 is 15.0 Å². The zero-order valence-electron chi connectivity index (χ0n) is 16.1. The fourth-order valence-electron chi connectivity index (χ4n) is 2.73. The van der Waals surface area contributed by atoms with E-state index in [1.807, 2.05) is 50.2 Å². The largest absolute Gasteiger partial charge is 0.484 e. The molecule has 2 aromatic carbocycles. The highest BCUT2D eigenvalue weighted by Gasteiger charge is 2.25. The number of aryl methyl sites for hydroxylation is 2. The van der Waals surface area contributed by atoms with Crippen molar-refractivity contribution in [2.45, 2.75) is 33.4 Å². The van der Waals surface area contributed by atoms with Crippen molar-refractivity contribution < 1.29 is 14.3 Å². The zero-order chi connectivity index (χ0) is 20.0. The van der Waals surface area contributed by atoms with E-state index in [9.17, 15) is 9.59 Å². The SMILES string of the molecule is CNC(=O)[C@H](C)N(Cc1cccc(C)c1)C(=O)COc1ccc(Br)c(C)c1. The lowest BCUT2D eigenvalue weighted by Crippen LogP contribution is -2.48. The van der Waals surface area contributed by atoms with Crippen LogP contribution in [0.15, 0.2) is 46.9 Å². The fourth-order valence-corrected chi connectivity index (χ4v) is 2.98. The average Bonchev–Trinajstić information content (AvgIpc) is 2.65. The molecule has 0 saturated carbocycles. The van der Waals surface area contributed by atoms with Crippen LogP contribution in [0.5, 0.6) is 5.75 Å². The van der Waals surface area contributed by atoms with Gasteiger partial charge in [-0.3, -0.25) is 9.59 Å². The molecule has 0 aliphatic heterocycles. The zero-order valence-corrected chi connectivity index (χ0v) is 17.7. The Hall–Kier alpha value is -2.34. The Morgan fingerprint density at radius 1 is 1.19 bits per heavy atom. The number of rotatable bonds is 7. The standard InChI is InChI=1S/C21H25BrN2O3/c1-14-6-5-7-17(10-14)12-24(16(3)21(26)23-4)20(25)13-27-18-8-9-19(22)15(2)11-18/h5-11,16H,12-13H2,1-4H3,(H,23,26)/t16-/m0/s1. The number of carbonyl (C=O) groups excluding carboxylic acids is 2. The molecule has 0 heterocycles. The van der Waals surface area contributed by atoms with Crippen molar-refractivity contribution in [3.63, 3.8) is 0 Å². The summed E-state index contributed by atoms with van der Waals surface area (Å²) in [7, 11) is 1.56. The molecule has 5 nitrogen and oxygen atoms in total. The molecule has 2 rings (SSSR count). The van der Waals surface area contributed by atoms with Crippen molar-refractivity contribution in [2.75, 3.05) is 13.7 Å². The summed E-state index contributed by atoms with van der Waals surface area (Å²) in [6.45, 7) is 5.88.